The van der Waals surface area contributed by atoms with Gasteiger partial charge in [-0.05, 0) is 18.3 Å². The molecule has 0 heteroatoms. The highest BCUT2D eigenvalue weighted by atomic mass is 14.3. The summed E-state index contributed by atoms with van der Waals surface area (Å²) < 4.78 is 0. The monoisotopic (exact) mass is 182 g/mol. The van der Waals surface area contributed by atoms with Crippen molar-refractivity contribution in [1.29, 1.82) is 0 Å². The molecule has 0 aromatic heterocycles. The van der Waals surface area contributed by atoms with Crippen LogP contribution >= 0.6 is 0 Å². The molecule has 0 nitrogen and oxygen atoms in total. The summed E-state index contributed by atoms with van der Waals surface area (Å²) in [5.74, 6) is 2.18. The van der Waals surface area contributed by atoms with E-state index in [-0.39, 0.29) is 0 Å². The number of hydrogen-bond acceptors (Lipinski definition) is 0. The van der Waals surface area contributed by atoms with Crippen LogP contribution in [0.5, 0.6) is 0 Å². The molecule has 13 heavy (non-hydrogen) atoms. The molecule has 0 heterocycles. The van der Waals surface area contributed by atoms with E-state index in [9.17, 15) is 0 Å². The van der Waals surface area contributed by atoms with Crippen LogP contribution < -0.4 is 0 Å². The molecule has 2 atom stereocenters. The summed E-state index contributed by atoms with van der Waals surface area (Å²) in [6, 6.07) is 0. The molecule has 0 saturated heterocycles. The van der Waals surface area contributed by atoms with Crippen LogP contribution in [0.15, 0.2) is 0 Å². The summed E-state index contributed by atoms with van der Waals surface area (Å²) in [6.07, 6.45) is 13.3. The van der Waals surface area contributed by atoms with Crippen LogP contribution in [0.3, 0.4) is 0 Å². The van der Waals surface area contributed by atoms with Crippen LogP contribution in [0, 0.1) is 11.8 Å². The molecule has 1 aliphatic rings. The highest BCUT2D eigenvalue weighted by Crippen LogP contribution is 2.35. The lowest BCUT2D eigenvalue weighted by atomic mass is 9.97. The Morgan fingerprint density at radius 1 is 0.923 bits per heavy atom. The zero-order chi connectivity index (χ0) is 9.52. The van der Waals surface area contributed by atoms with Gasteiger partial charge in [0.15, 0.2) is 0 Å². The summed E-state index contributed by atoms with van der Waals surface area (Å²) in [5.41, 5.74) is 0. The fraction of sp³-hybridized carbons (Fsp3) is 1.00. The molecule has 78 valence electrons. The van der Waals surface area contributed by atoms with Crippen molar-refractivity contribution in [3.05, 3.63) is 0 Å². The average Bonchev–Trinajstić information content (AvgIpc) is 2.60. The maximum absolute atomic E-state index is 2.35. The Kier molecular flexibility index (Phi) is 5.50. The second kappa shape index (κ2) is 6.45. The first-order chi connectivity index (χ1) is 6.36. The van der Waals surface area contributed by atoms with E-state index in [4.69, 9.17) is 0 Å². The van der Waals surface area contributed by atoms with Gasteiger partial charge in [-0.2, -0.15) is 0 Å². The Labute approximate surface area is 84.1 Å². The van der Waals surface area contributed by atoms with Gasteiger partial charge >= 0.3 is 0 Å². The second-order valence-electron chi connectivity index (χ2n) is 4.80. The molecule has 0 N–H and O–H groups in total. The molecule has 0 aromatic rings. The van der Waals surface area contributed by atoms with Gasteiger partial charge < -0.3 is 0 Å². The number of rotatable bonds is 6. The molecular weight excluding hydrogens is 156 g/mol. The highest BCUT2D eigenvalue weighted by Gasteiger charge is 2.22. The topological polar surface area (TPSA) is 0 Å². The first kappa shape index (κ1) is 11.1. The van der Waals surface area contributed by atoms with Crippen LogP contribution in [-0.2, 0) is 0 Å². The van der Waals surface area contributed by atoms with Gasteiger partial charge in [-0.25, -0.2) is 0 Å². The van der Waals surface area contributed by atoms with Gasteiger partial charge in [-0.3, -0.25) is 0 Å². The van der Waals surface area contributed by atoms with E-state index in [1.54, 1.807) is 6.42 Å². The third kappa shape index (κ3) is 4.15. The van der Waals surface area contributed by atoms with Gasteiger partial charge in [0.1, 0.15) is 0 Å². The molecule has 1 rings (SSSR count). The lowest BCUT2D eigenvalue weighted by Gasteiger charge is -2.09. The standard InChI is InChI=1S/C13H26/c1-3-5-6-7-8-13-10-9-12(4-2)11-13/h12-13H,3-11H2,1-2H3. The maximum Gasteiger partial charge on any atom is -0.0412 e. The number of hydrogen-bond donors (Lipinski definition) is 0. The van der Waals surface area contributed by atoms with E-state index < -0.39 is 0 Å². The quantitative estimate of drug-likeness (QED) is 0.518. The van der Waals surface area contributed by atoms with Crippen LogP contribution in [0.25, 0.3) is 0 Å². The van der Waals surface area contributed by atoms with Gasteiger partial charge in [-0.1, -0.05) is 65.2 Å². The van der Waals surface area contributed by atoms with Crippen molar-refractivity contribution >= 4 is 0 Å². The minimum absolute atomic E-state index is 1.08. The molecule has 1 saturated carbocycles. The maximum atomic E-state index is 2.35. The van der Waals surface area contributed by atoms with Gasteiger partial charge in [-0.15, -0.1) is 0 Å². The molecule has 0 bridgehead atoms. The van der Waals surface area contributed by atoms with Crippen molar-refractivity contribution in [2.75, 3.05) is 0 Å². The van der Waals surface area contributed by atoms with Crippen LogP contribution in [0.2, 0.25) is 0 Å². The van der Waals surface area contributed by atoms with E-state index in [0.717, 1.165) is 11.8 Å². The van der Waals surface area contributed by atoms with Gasteiger partial charge in [0.2, 0.25) is 0 Å². The smallest absolute Gasteiger partial charge is 0.0412 e. The van der Waals surface area contributed by atoms with Gasteiger partial charge in [0.25, 0.3) is 0 Å². The zero-order valence-corrected chi connectivity index (χ0v) is 9.52. The summed E-state index contributed by atoms with van der Waals surface area (Å²) >= 11 is 0. The van der Waals surface area contributed by atoms with Crippen molar-refractivity contribution in [3.63, 3.8) is 0 Å². The fourth-order valence-corrected chi connectivity index (χ4v) is 2.67. The molecule has 0 spiro atoms. The molecule has 1 aliphatic carbocycles. The predicted octanol–water partition coefficient (Wildman–Crippen LogP) is 4.78. The highest BCUT2D eigenvalue weighted by molar-refractivity contribution is 4.74. The lowest BCUT2D eigenvalue weighted by Crippen LogP contribution is -1.95. The van der Waals surface area contributed by atoms with Gasteiger partial charge in [0, 0.05) is 0 Å². The third-order valence-electron chi connectivity index (χ3n) is 3.69. The normalized spacial score (nSPS) is 28.2. The Morgan fingerprint density at radius 3 is 2.31 bits per heavy atom. The van der Waals surface area contributed by atoms with Crippen molar-refractivity contribution in [3.8, 4) is 0 Å². The van der Waals surface area contributed by atoms with Crippen LogP contribution in [-0.4, -0.2) is 0 Å². The summed E-state index contributed by atoms with van der Waals surface area (Å²) in [7, 11) is 0. The van der Waals surface area contributed by atoms with E-state index in [1.165, 1.54) is 51.4 Å². The van der Waals surface area contributed by atoms with Crippen molar-refractivity contribution in [1.82, 2.24) is 0 Å². The summed E-state index contributed by atoms with van der Waals surface area (Å²) in [6.45, 7) is 4.65. The van der Waals surface area contributed by atoms with E-state index in [0.29, 0.717) is 0 Å². The Morgan fingerprint density at radius 2 is 1.69 bits per heavy atom. The van der Waals surface area contributed by atoms with Crippen molar-refractivity contribution < 1.29 is 0 Å². The molecular formula is C13H26. The summed E-state index contributed by atoms with van der Waals surface area (Å²) in [5, 5.41) is 0. The third-order valence-corrected chi connectivity index (χ3v) is 3.69. The molecule has 0 aliphatic heterocycles. The molecule has 1 fully saturated rings. The SMILES string of the molecule is CCCCCCC1CCC(CC)C1. The first-order valence-electron chi connectivity index (χ1n) is 6.36. The van der Waals surface area contributed by atoms with Crippen molar-refractivity contribution in [2.45, 2.75) is 71.6 Å². The Hall–Kier alpha value is 0. The molecule has 2 unspecified atom stereocenters. The van der Waals surface area contributed by atoms with Crippen molar-refractivity contribution in [2.24, 2.45) is 11.8 Å². The summed E-state index contributed by atoms with van der Waals surface area (Å²) in [4.78, 5) is 0. The van der Waals surface area contributed by atoms with E-state index in [2.05, 4.69) is 13.8 Å². The Bertz CT molecular complexity index is 117. The minimum Gasteiger partial charge on any atom is -0.0654 e. The molecule has 0 radical (unpaired) electrons. The Balaban J connectivity index is 1.97. The van der Waals surface area contributed by atoms with Gasteiger partial charge in [0.05, 0.1) is 0 Å². The largest absolute Gasteiger partial charge is 0.0654 e. The second-order valence-corrected chi connectivity index (χ2v) is 4.80. The van der Waals surface area contributed by atoms with E-state index >= 15 is 0 Å². The lowest BCUT2D eigenvalue weighted by molar-refractivity contribution is 0.436. The first-order valence-corrected chi connectivity index (χ1v) is 6.36. The number of unbranched alkanes of at least 4 members (excludes halogenated alkanes) is 3. The zero-order valence-electron chi connectivity index (χ0n) is 9.52. The predicted molar refractivity (Wildman–Crippen MR) is 59.9 cm³/mol. The van der Waals surface area contributed by atoms with E-state index in [1.807, 2.05) is 0 Å². The minimum atomic E-state index is 1.08. The van der Waals surface area contributed by atoms with Crippen LogP contribution in [0.4, 0.5) is 0 Å². The fourth-order valence-electron chi connectivity index (χ4n) is 2.67. The molecule has 0 amide bonds. The average molecular weight is 182 g/mol. The molecule has 0 aromatic carbocycles. The van der Waals surface area contributed by atoms with Crippen LogP contribution in [0.1, 0.15) is 71.6 Å².